The summed E-state index contributed by atoms with van der Waals surface area (Å²) in [7, 11) is 3.74. The minimum absolute atomic E-state index is 0.138. The number of rotatable bonds is 8. The number of halogens is 1. The van der Waals surface area contributed by atoms with Crippen LogP contribution in [0.1, 0.15) is 16.8 Å². The number of hydrogen-bond donors (Lipinski definition) is 2. The van der Waals surface area contributed by atoms with Crippen molar-refractivity contribution in [2.24, 2.45) is 0 Å². The Labute approximate surface area is 193 Å². The molecule has 0 aliphatic heterocycles. The fourth-order valence-electron chi connectivity index (χ4n) is 3.18. The number of carbonyl (C=O) groups is 2. The Morgan fingerprint density at radius 2 is 1.50 bits per heavy atom. The van der Waals surface area contributed by atoms with Crippen LogP contribution in [-0.4, -0.2) is 39.1 Å². The first-order valence-corrected chi connectivity index (χ1v) is 10.8. The SMILES string of the molecule is CN(CCCNC(=O)Nc1ccc(N(C)C(=O)c2ccc(Cl)cc2)cc1)c1ccccc1. The molecule has 0 saturated heterocycles. The van der Waals surface area contributed by atoms with Crippen molar-refractivity contribution >= 4 is 40.6 Å². The third-order valence-corrected chi connectivity index (χ3v) is 5.31. The molecule has 0 atom stereocenters. The van der Waals surface area contributed by atoms with Crippen LogP contribution in [0, 0.1) is 0 Å². The standard InChI is InChI=1S/C25H27ClN4O2/c1-29(22-7-4-3-5-8-22)18-6-17-27-25(32)28-21-13-15-23(16-14-21)30(2)24(31)19-9-11-20(26)12-10-19/h3-5,7-16H,6,17-18H2,1-2H3,(H2,27,28,32). The Kier molecular flexibility index (Phi) is 8.11. The van der Waals surface area contributed by atoms with Gasteiger partial charge >= 0.3 is 6.03 Å². The van der Waals surface area contributed by atoms with Gasteiger partial charge in [-0.1, -0.05) is 29.8 Å². The maximum absolute atomic E-state index is 12.6. The lowest BCUT2D eigenvalue weighted by Crippen LogP contribution is -2.31. The van der Waals surface area contributed by atoms with E-state index >= 15 is 0 Å². The Morgan fingerprint density at radius 3 is 2.16 bits per heavy atom. The van der Waals surface area contributed by atoms with Gasteiger partial charge in [-0.2, -0.15) is 0 Å². The van der Waals surface area contributed by atoms with E-state index in [-0.39, 0.29) is 11.9 Å². The predicted octanol–water partition coefficient (Wildman–Crippen LogP) is 5.26. The molecule has 166 valence electrons. The van der Waals surface area contributed by atoms with Gasteiger partial charge in [-0.25, -0.2) is 4.79 Å². The van der Waals surface area contributed by atoms with Crippen LogP contribution in [-0.2, 0) is 0 Å². The lowest BCUT2D eigenvalue weighted by molar-refractivity contribution is 0.0993. The molecule has 0 spiro atoms. The van der Waals surface area contributed by atoms with E-state index in [4.69, 9.17) is 11.6 Å². The lowest BCUT2D eigenvalue weighted by Gasteiger charge is -2.19. The first kappa shape index (κ1) is 23.2. The highest BCUT2D eigenvalue weighted by Crippen LogP contribution is 2.20. The summed E-state index contributed by atoms with van der Waals surface area (Å²) in [6, 6.07) is 23.7. The van der Waals surface area contributed by atoms with Crippen LogP contribution < -0.4 is 20.4 Å². The zero-order valence-electron chi connectivity index (χ0n) is 18.2. The van der Waals surface area contributed by atoms with Gasteiger partial charge in [-0.3, -0.25) is 4.79 Å². The van der Waals surface area contributed by atoms with Crippen LogP contribution in [0.4, 0.5) is 21.9 Å². The van der Waals surface area contributed by atoms with Gasteiger partial charge in [0.1, 0.15) is 0 Å². The van der Waals surface area contributed by atoms with E-state index in [1.807, 2.05) is 25.2 Å². The molecule has 0 heterocycles. The second-order valence-corrected chi connectivity index (χ2v) is 7.85. The van der Waals surface area contributed by atoms with Crippen molar-refractivity contribution in [1.82, 2.24) is 5.32 Å². The largest absolute Gasteiger partial charge is 0.375 e. The van der Waals surface area contributed by atoms with Crippen LogP contribution in [0.3, 0.4) is 0 Å². The highest BCUT2D eigenvalue weighted by Gasteiger charge is 2.13. The molecule has 3 rings (SSSR count). The van der Waals surface area contributed by atoms with E-state index in [9.17, 15) is 9.59 Å². The lowest BCUT2D eigenvalue weighted by atomic mass is 10.2. The van der Waals surface area contributed by atoms with Crippen molar-refractivity contribution in [3.05, 3.63) is 89.4 Å². The number of benzene rings is 3. The van der Waals surface area contributed by atoms with E-state index in [1.165, 1.54) is 0 Å². The number of para-hydroxylation sites is 1. The van der Waals surface area contributed by atoms with Gasteiger partial charge in [-0.15, -0.1) is 0 Å². The molecule has 0 aliphatic carbocycles. The molecular formula is C25H27ClN4O2. The summed E-state index contributed by atoms with van der Waals surface area (Å²) in [4.78, 5) is 28.5. The summed E-state index contributed by atoms with van der Waals surface area (Å²) in [5.41, 5.74) is 3.08. The summed E-state index contributed by atoms with van der Waals surface area (Å²) < 4.78 is 0. The van der Waals surface area contributed by atoms with E-state index in [2.05, 4.69) is 27.7 Å². The second-order valence-electron chi connectivity index (χ2n) is 7.41. The van der Waals surface area contributed by atoms with E-state index in [0.717, 1.165) is 24.3 Å². The van der Waals surface area contributed by atoms with Gasteiger partial charge < -0.3 is 20.4 Å². The van der Waals surface area contributed by atoms with Gasteiger partial charge in [0.25, 0.3) is 5.91 Å². The average Bonchev–Trinajstić information content (AvgIpc) is 2.82. The quantitative estimate of drug-likeness (QED) is 0.460. The maximum atomic E-state index is 12.6. The van der Waals surface area contributed by atoms with Crippen molar-refractivity contribution < 1.29 is 9.59 Å². The number of hydrogen-bond acceptors (Lipinski definition) is 3. The molecule has 0 unspecified atom stereocenters. The minimum atomic E-state index is -0.259. The van der Waals surface area contributed by atoms with Crippen molar-refractivity contribution in [2.45, 2.75) is 6.42 Å². The third-order valence-electron chi connectivity index (χ3n) is 5.06. The highest BCUT2D eigenvalue weighted by molar-refractivity contribution is 6.30. The minimum Gasteiger partial charge on any atom is -0.375 e. The van der Waals surface area contributed by atoms with Crippen LogP contribution in [0.15, 0.2) is 78.9 Å². The zero-order chi connectivity index (χ0) is 22.9. The molecule has 0 fully saturated rings. The molecule has 0 aromatic heterocycles. The molecule has 3 aromatic rings. The van der Waals surface area contributed by atoms with Gasteiger partial charge in [-0.05, 0) is 67.1 Å². The van der Waals surface area contributed by atoms with Crippen LogP contribution in [0.25, 0.3) is 0 Å². The molecule has 3 aromatic carbocycles. The molecule has 6 nitrogen and oxygen atoms in total. The molecule has 0 bridgehead atoms. The van der Waals surface area contributed by atoms with Gasteiger partial charge in [0.05, 0.1) is 0 Å². The van der Waals surface area contributed by atoms with E-state index in [1.54, 1.807) is 60.5 Å². The molecule has 0 radical (unpaired) electrons. The van der Waals surface area contributed by atoms with Crippen LogP contribution in [0.5, 0.6) is 0 Å². The van der Waals surface area contributed by atoms with Gasteiger partial charge in [0.15, 0.2) is 0 Å². The van der Waals surface area contributed by atoms with Crippen molar-refractivity contribution in [2.75, 3.05) is 42.3 Å². The summed E-state index contributed by atoms with van der Waals surface area (Å²) >= 11 is 5.88. The Bertz CT molecular complexity index is 1020. The topological polar surface area (TPSA) is 64.7 Å². The van der Waals surface area contributed by atoms with E-state index < -0.39 is 0 Å². The molecule has 0 aliphatic rings. The number of carbonyl (C=O) groups excluding carboxylic acids is 2. The number of urea groups is 1. The predicted molar refractivity (Wildman–Crippen MR) is 132 cm³/mol. The number of nitrogens with zero attached hydrogens (tertiary/aromatic N) is 2. The second kappa shape index (κ2) is 11.2. The summed E-state index contributed by atoms with van der Waals surface area (Å²) in [6.07, 6.45) is 0.829. The first-order valence-electron chi connectivity index (χ1n) is 10.4. The Hall–Kier alpha value is -3.51. The Morgan fingerprint density at radius 1 is 0.844 bits per heavy atom. The monoisotopic (exact) mass is 450 g/mol. The number of anilines is 3. The average molecular weight is 451 g/mol. The van der Waals surface area contributed by atoms with Crippen LogP contribution >= 0.6 is 11.6 Å². The summed E-state index contributed by atoms with van der Waals surface area (Å²) in [6.45, 7) is 1.41. The maximum Gasteiger partial charge on any atom is 0.319 e. The van der Waals surface area contributed by atoms with Crippen molar-refractivity contribution in [3.63, 3.8) is 0 Å². The third kappa shape index (κ3) is 6.49. The first-order chi connectivity index (χ1) is 15.4. The van der Waals surface area contributed by atoms with Crippen LogP contribution in [0.2, 0.25) is 5.02 Å². The van der Waals surface area contributed by atoms with Crippen molar-refractivity contribution in [1.29, 1.82) is 0 Å². The highest BCUT2D eigenvalue weighted by atomic mass is 35.5. The smallest absolute Gasteiger partial charge is 0.319 e. The molecule has 3 amide bonds. The molecular weight excluding hydrogens is 424 g/mol. The fraction of sp³-hybridized carbons (Fsp3) is 0.200. The van der Waals surface area contributed by atoms with Crippen molar-refractivity contribution in [3.8, 4) is 0 Å². The fourth-order valence-corrected chi connectivity index (χ4v) is 3.30. The molecule has 0 saturated carbocycles. The van der Waals surface area contributed by atoms with Gasteiger partial charge in [0.2, 0.25) is 0 Å². The Balaban J connectivity index is 1.44. The summed E-state index contributed by atoms with van der Waals surface area (Å²) in [5, 5.41) is 6.27. The van der Waals surface area contributed by atoms with E-state index in [0.29, 0.717) is 22.8 Å². The number of amides is 3. The number of nitrogens with one attached hydrogen (secondary N) is 2. The zero-order valence-corrected chi connectivity index (χ0v) is 19.0. The molecule has 7 heteroatoms. The molecule has 2 N–H and O–H groups in total. The molecule has 32 heavy (non-hydrogen) atoms. The normalized spacial score (nSPS) is 10.3. The summed E-state index contributed by atoms with van der Waals surface area (Å²) in [5.74, 6) is -0.138. The van der Waals surface area contributed by atoms with Gasteiger partial charge in [0, 0.05) is 54.8 Å².